The van der Waals surface area contributed by atoms with Crippen LogP contribution in [0.25, 0.3) is 0 Å². The summed E-state index contributed by atoms with van der Waals surface area (Å²) in [5.74, 6) is 0. The summed E-state index contributed by atoms with van der Waals surface area (Å²) in [4.78, 5) is 11.5. The predicted molar refractivity (Wildman–Crippen MR) is 74.6 cm³/mol. The van der Waals surface area contributed by atoms with Gasteiger partial charge in [0.2, 0.25) is 0 Å². The Hall–Kier alpha value is -0.390. The van der Waals surface area contributed by atoms with Gasteiger partial charge in [0, 0.05) is 16.2 Å². The van der Waals surface area contributed by atoms with Crippen molar-refractivity contribution >= 4 is 22.6 Å². The minimum absolute atomic E-state index is 0.0143. The van der Waals surface area contributed by atoms with E-state index < -0.39 is 0 Å². The summed E-state index contributed by atoms with van der Waals surface area (Å²) in [6.07, 6.45) is 9.16. The Morgan fingerprint density at radius 3 is 2.62 bits per heavy atom. The lowest BCUT2D eigenvalue weighted by Crippen LogP contribution is -2.22. The van der Waals surface area contributed by atoms with Gasteiger partial charge >= 0.3 is 0 Å². The molecular weight excluding hydrogens is 315 g/mol. The molecule has 90 valence electrons. The molecule has 1 aromatic heterocycles. The van der Waals surface area contributed by atoms with Crippen molar-refractivity contribution < 1.29 is 0 Å². The maximum absolute atomic E-state index is 11.5. The number of rotatable bonds is 7. The first-order chi connectivity index (χ1) is 7.74. The molecule has 0 aliphatic heterocycles. The molecule has 1 rings (SSSR count). The van der Waals surface area contributed by atoms with Crippen LogP contribution >= 0.6 is 22.6 Å². The molecule has 0 unspecified atom stereocenters. The number of hydrogen-bond donors (Lipinski definition) is 0. The summed E-state index contributed by atoms with van der Waals surface area (Å²) in [6, 6.07) is 1.63. The number of halogens is 1. The number of nitrogens with zero attached hydrogens (tertiary/aromatic N) is 2. The van der Waals surface area contributed by atoms with Gasteiger partial charge in [0.25, 0.3) is 5.56 Å². The summed E-state index contributed by atoms with van der Waals surface area (Å²) in [7, 11) is 0. The molecule has 1 aromatic rings. The van der Waals surface area contributed by atoms with Gasteiger partial charge in [-0.15, -0.1) is 0 Å². The second-order valence-electron chi connectivity index (χ2n) is 4.00. The molecule has 1 heterocycles. The van der Waals surface area contributed by atoms with E-state index in [9.17, 15) is 4.79 Å². The van der Waals surface area contributed by atoms with Crippen molar-refractivity contribution in [2.75, 3.05) is 0 Å². The molecule has 0 saturated heterocycles. The number of unbranched alkanes of at least 4 members (excludes halogenated alkanes) is 5. The van der Waals surface area contributed by atoms with Gasteiger partial charge in [-0.25, -0.2) is 4.68 Å². The molecule has 16 heavy (non-hydrogen) atoms. The molecule has 0 atom stereocenters. The van der Waals surface area contributed by atoms with E-state index in [0.29, 0.717) is 0 Å². The Bertz CT molecular complexity index is 362. The molecule has 0 N–H and O–H groups in total. The molecule has 4 heteroatoms. The third-order valence-electron chi connectivity index (χ3n) is 2.56. The topological polar surface area (TPSA) is 34.9 Å². The quantitative estimate of drug-likeness (QED) is 0.567. The molecule has 0 spiro atoms. The fourth-order valence-corrected chi connectivity index (χ4v) is 2.01. The summed E-state index contributed by atoms with van der Waals surface area (Å²) >= 11 is 2.11. The standard InChI is InChI=1S/C12H19IN2O/c1-2-3-4-5-6-7-8-15-12(16)9-11(13)10-14-15/h9-10H,2-8H2,1H3. The fourth-order valence-electron chi connectivity index (χ4n) is 1.62. The van der Waals surface area contributed by atoms with Crippen LogP contribution in [0.1, 0.15) is 45.4 Å². The molecule has 0 bridgehead atoms. The SMILES string of the molecule is CCCCCCCCn1ncc(I)cc1=O. The molecule has 0 radical (unpaired) electrons. The molecule has 3 nitrogen and oxygen atoms in total. The van der Waals surface area contributed by atoms with Crippen molar-refractivity contribution in [3.05, 3.63) is 26.2 Å². The van der Waals surface area contributed by atoms with Crippen LogP contribution in [-0.4, -0.2) is 9.78 Å². The van der Waals surface area contributed by atoms with Crippen molar-refractivity contribution in [3.8, 4) is 0 Å². The summed E-state index contributed by atoms with van der Waals surface area (Å²) < 4.78 is 2.46. The van der Waals surface area contributed by atoms with Crippen LogP contribution in [-0.2, 0) is 6.54 Å². The van der Waals surface area contributed by atoms with E-state index in [-0.39, 0.29) is 5.56 Å². The Kier molecular flexibility index (Phi) is 6.68. The average Bonchev–Trinajstić information content (AvgIpc) is 2.26. The van der Waals surface area contributed by atoms with Gasteiger partial charge in [0.15, 0.2) is 0 Å². The van der Waals surface area contributed by atoms with E-state index in [0.717, 1.165) is 16.5 Å². The van der Waals surface area contributed by atoms with Crippen LogP contribution in [0.5, 0.6) is 0 Å². The first kappa shape index (κ1) is 13.7. The second kappa shape index (κ2) is 7.81. The molecule has 0 fully saturated rings. The Morgan fingerprint density at radius 1 is 1.25 bits per heavy atom. The van der Waals surface area contributed by atoms with Crippen molar-refractivity contribution in [2.45, 2.75) is 52.0 Å². The lowest BCUT2D eigenvalue weighted by atomic mass is 10.1. The van der Waals surface area contributed by atoms with E-state index in [1.165, 1.54) is 32.1 Å². The normalized spacial score (nSPS) is 10.6. The van der Waals surface area contributed by atoms with E-state index in [1.807, 2.05) is 0 Å². The molecular formula is C12H19IN2O. The largest absolute Gasteiger partial charge is 0.268 e. The van der Waals surface area contributed by atoms with Crippen LogP contribution in [0.3, 0.4) is 0 Å². The second-order valence-corrected chi connectivity index (χ2v) is 5.25. The first-order valence-electron chi connectivity index (χ1n) is 5.96. The Morgan fingerprint density at radius 2 is 1.94 bits per heavy atom. The minimum atomic E-state index is 0.0143. The van der Waals surface area contributed by atoms with Crippen molar-refractivity contribution in [2.24, 2.45) is 0 Å². The monoisotopic (exact) mass is 334 g/mol. The molecule has 0 saturated carbocycles. The van der Waals surface area contributed by atoms with Crippen LogP contribution < -0.4 is 5.56 Å². The number of hydrogen-bond acceptors (Lipinski definition) is 2. The smallest absolute Gasteiger partial charge is 0.267 e. The van der Waals surface area contributed by atoms with Gasteiger partial charge in [-0.2, -0.15) is 5.10 Å². The van der Waals surface area contributed by atoms with Gasteiger partial charge in [0.05, 0.1) is 6.20 Å². The lowest BCUT2D eigenvalue weighted by molar-refractivity contribution is 0.508. The average molecular weight is 334 g/mol. The highest BCUT2D eigenvalue weighted by Crippen LogP contribution is 2.05. The lowest BCUT2D eigenvalue weighted by Gasteiger charge is -2.03. The van der Waals surface area contributed by atoms with Crippen molar-refractivity contribution in [1.29, 1.82) is 0 Å². The highest BCUT2D eigenvalue weighted by atomic mass is 127. The molecule has 0 amide bonds. The van der Waals surface area contributed by atoms with Gasteiger partial charge in [-0.3, -0.25) is 4.79 Å². The number of aromatic nitrogens is 2. The summed E-state index contributed by atoms with van der Waals surface area (Å²) in [5.41, 5.74) is 0.0143. The maximum Gasteiger partial charge on any atom is 0.267 e. The van der Waals surface area contributed by atoms with Gasteiger partial charge < -0.3 is 0 Å². The molecule has 0 aliphatic carbocycles. The highest BCUT2D eigenvalue weighted by molar-refractivity contribution is 14.1. The van der Waals surface area contributed by atoms with Crippen molar-refractivity contribution in [3.63, 3.8) is 0 Å². The van der Waals surface area contributed by atoms with E-state index >= 15 is 0 Å². The van der Waals surface area contributed by atoms with Crippen LogP contribution in [0, 0.1) is 3.57 Å². The summed E-state index contributed by atoms with van der Waals surface area (Å²) in [6.45, 7) is 2.97. The van der Waals surface area contributed by atoms with Gasteiger partial charge in [-0.05, 0) is 29.0 Å². The van der Waals surface area contributed by atoms with E-state index in [4.69, 9.17) is 0 Å². The van der Waals surface area contributed by atoms with Crippen molar-refractivity contribution in [1.82, 2.24) is 9.78 Å². The maximum atomic E-state index is 11.5. The van der Waals surface area contributed by atoms with Crippen LogP contribution in [0.2, 0.25) is 0 Å². The Labute approximate surface area is 110 Å². The zero-order valence-corrected chi connectivity index (χ0v) is 11.9. The highest BCUT2D eigenvalue weighted by Gasteiger charge is 1.97. The minimum Gasteiger partial charge on any atom is -0.268 e. The molecule has 0 aromatic carbocycles. The Balaban J connectivity index is 2.24. The fraction of sp³-hybridized carbons (Fsp3) is 0.667. The zero-order valence-electron chi connectivity index (χ0n) is 9.79. The summed E-state index contributed by atoms with van der Waals surface area (Å²) in [5, 5.41) is 4.11. The van der Waals surface area contributed by atoms with E-state index in [1.54, 1.807) is 16.9 Å². The van der Waals surface area contributed by atoms with Gasteiger partial charge in [0.1, 0.15) is 0 Å². The molecule has 0 aliphatic rings. The van der Waals surface area contributed by atoms with Gasteiger partial charge in [-0.1, -0.05) is 39.0 Å². The first-order valence-corrected chi connectivity index (χ1v) is 7.04. The third kappa shape index (κ3) is 5.09. The predicted octanol–water partition coefficient (Wildman–Crippen LogP) is 3.21. The zero-order chi connectivity index (χ0) is 11.8. The van der Waals surface area contributed by atoms with E-state index in [2.05, 4.69) is 34.6 Å². The number of aryl methyl sites for hydroxylation is 1. The van der Waals surface area contributed by atoms with Crippen LogP contribution in [0.15, 0.2) is 17.1 Å². The van der Waals surface area contributed by atoms with Crippen LogP contribution in [0.4, 0.5) is 0 Å². The third-order valence-corrected chi connectivity index (χ3v) is 3.15.